The summed E-state index contributed by atoms with van der Waals surface area (Å²) in [5.41, 5.74) is 2.54. The van der Waals surface area contributed by atoms with Crippen molar-refractivity contribution in [1.29, 1.82) is 0 Å². The number of carbonyl (C=O) groups is 1. The van der Waals surface area contributed by atoms with Crippen LogP contribution in [0.4, 0.5) is 11.5 Å². The molecule has 7 heteroatoms. The van der Waals surface area contributed by atoms with Gasteiger partial charge in [0, 0.05) is 25.0 Å². The van der Waals surface area contributed by atoms with Crippen molar-refractivity contribution in [1.82, 2.24) is 9.88 Å². The summed E-state index contributed by atoms with van der Waals surface area (Å²) in [5.74, 6) is 1.12. The van der Waals surface area contributed by atoms with Crippen molar-refractivity contribution in [3.8, 4) is 5.75 Å². The van der Waals surface area contributed by atoms with Crippen molar-refractivity contribution in [2.75, 3.05) is 30.3 Å². The zero-order valence-corrected chi connectivity index (χ0v) is 18.6. The second-order valence-electron chi connectivity index (χ2n) is 8.13. The topological polar surface area (TPSA) is 77.5 Å². The molecule has 1 fully saturated rings. The molecule has 0 bridgehead atoms. The molecule has 0 unspecified atom stereocenters. The first kappa shape index (κ1) is 22.1. The summed E-state index contributed by atoms with van der Waals surface area (Å²) >= 11 is 5.86. The lowest BCUT2D eigenvalue weighted by atomic mass is 9.96. The van der Waals surface area contributed by atoms with Crippen LogP contribution in [0.25, 0.3) is 0 Å². The van der Waals surface area contributed by atoms with E-state index in [0.717, 1.165) is 50.3 Å². The number of phenolic OH excluding ortho intramolecular Hbond substituents is 1. The van der Waals surface area contributed by atoms with E-state index >= 15 is 0 Å². The number of amides is 1. The van der Waals surface area contributed by atoms with Gasteiger partial charge in [0.25, 0.3) is 5.91 Å². The molecule has 4 rings (SSSR count). The second-order valence-corrected chi connectivity index (χ2v) is 8.57. The number of hydrogen-bond donors (Lipinski definition) is 3. The summed E-state index contributed by atoms with van der Waals surface area (Å²) < 4.78 is 0. The highest BCUT2D eigenvalue weighted by atomic mass is 35.5. The zero-order chi connectivity index (χ0) is 22.3. The first-order valence-corrected chi connectivity index (χ1v) is 11.2. The Hall–Kier alpha value is -3.09. The quantitative estimate of drug-likeness (QED) is 0.471. The number of pyridine rings is 1. The smallest absolute Gasteiger partial charge is 0.258 e. The van der Waals surface area contributed by atoms with E-state index in [1.807, 2.05) is 36.4 Å². The van der Waals surface area contributed by atoms with Crippen molar-refractivity contribution in [3.05, 3.63) is 83.0 Å². The SMILES string of the molecule is O=C(Nc1ccc(Cl)cn1)c1ccccc1NCC1CCN(Cc2cccc(O)c2)CC1. The van der Waals surface area contributed by atoms with Crippen LogP contribution in [0, 0.1) is 5.92 Å². The molecule has 3 aromatic rings. The highest BCUT2D eigenvalue weighted by Gasteiger charge is 2.20. The summed E-state index contributed by atoms with van der Waals surface area (Å²) in [6, 6.07) is 18.4. The van der Waals surface area contributed by atoms with Crippen LogP contribution in [-0.2, 0) is 6.54 Å². The first-order valence-electron chi connectivity index (χ1n) is 10.8. The number of aromatic hydroxyl groups is 1. The minimum absolute atomic E-state index is 0.205. The number of phenols is 1. The van der Waals surface area contributed by atoms with Crippen LogP contribution in [0.15, 0.2) is 66.9 Å². The molecule has 1 amide bonds. The molecule has 3 N–H and O–H groups in total. The van der Waals surface area contributed by atoms with E-state index in [4.69, 9.17) is 11.6 Å². The number of piperidine rings is 1. The molecule has 0 aliphatic carbocycles. The number of nitrogens with one attached hydrogen (secondary N) is 2. The van der Waals surface area contributed by atoms with Gasteiger partial charge in [-0.3, -0.25) is 9.69 Å². The van der Waals surface area contributed by atoms with Crippen molar-refractivity contribution in [2.24, 2.45) is 5.92 Å². The van der Waals surface area contributed by atoms with Crippen molar-refractivity contribution < 1.29 is 9.90 Å². The molecule has 1 saturated heterocycles. The Labute approximate surface area is 193 Å². The molecule has 1 aliphatic rings. The van der Waals surface area contributed by atoms with Gasteiger partial charge >= 0.3 is 0 Å². The molecule has 0 atom stereocenters. The van der Waals surface area contributed by atoms with Crippen molar-refractivity contribution in [2.45, 2.75) is 19.4 Å². The summed E-state index contributed by atoms with van der Waals surface area (Å²) in [7, 11) is 0. The number of nitrogens with zero attached hydrogens (tertiary/aromatic N) is 2. The van der Waals surface area contributed by atoms with Crippen molar-refractivity contribution in [3.63, 3.8) is 0 Å². The third-order valence-electron chi connectivity index (χ3n) is 5.75. The minimum atomic E-state index is -0.205. The molecule has 2 heterocycles. The van der Waals surface area contributed by atoms with Crippen LogP contribution < -0.4 is 10.6 Å². The highest BCUT2D eigenvalue weighted by molar-refractivity contribution is 6.30. The molecule has 166 valence electrons. The lowest BCUT2D eigenvalue weighted by Crippen LogP contribution is -2.35. The number of aromatic nitrogens is 1. The van der Waals surface area contributed by atoms with Gasteiger partial charge in [-0.2, -0.15) is 0 Å². The van der Waals surface area contributed by atoms with Gasteiger partial charge < -0.3 is 15.7 Å². The van der Waals surface area contributed by atoms with Gasteiger partial charge in [-0.1, -0.05) is 35.9 Å². The van der Waals surface area contributed by atoms with Gasteiger partial charge in [0.15, 0.2) is 0 Å². The maximum atomic E-state index is 12.8. The van der Waals surface area contributed by atoms with E-state index in [9.17, 15) is 9.90 Å². The van der Waals surface area contributed by atoms with Crippen LogP contribution in [-0.4, -0.2) is 40.5 Å². The lowest BCUT2D eigenvalue weighted by Gasteiger charge is -2.32. The fraction of sp³-hybridized carbons (Fsp3) is 0.280. The molecule has 0 radical (unpaired) electrons. The Kier molecular flexibility index (Phi) is 7.24. The number of anilines is 2. The summed E-state index contributed by atoms with van der Waals surface area (Å²) in [4.78, 5) is 19.3. The zero-order valence-electron chi connectivity index (χ0n) is 17.8. The van der Waals surface area contributed by atoms with E-state index in [0.29, 0.717) is 28.1 Å². The number of carbonyl (C=O) groups excluding carboxylic acids is 1. The van der Waals surface area contributed by atoms with Crippen LogP contribution in [0.2, 0.25) is 5.02 Å². The van der Waals surface area contributed by atoms with Crippen molar-refractivity contribution >= 4 is 29.0 Å². The number of hydrogen-bond acceptors (Lipinski definition) is 5. The summed E-state index contributed by atoms with van der Waals surface area (Å²) in [5, 5.41) is 16.5. The molecule has 1 aromatic heterocycles. The van der Waals surface area contributed by atoms with E-state index in [2.05, 4.69) is 26.6 Å². The molecule has 2 aromatic carbocycles. The third-order valence-corrected chi connectivity index (χ3v) is 5.97. The third kappa shape index (κ3) is 5.99. The van der Waals surface area contributed by atoms with E-state index in [-0.39, 0.29) is 5.91 Å². The Balaban J connectivity index is 1.29. The highest BCUT2D eigenvalue weighted by Crippen LogP contribution is 2.23. The largest absolute Gasteiger partial charge is 0.508 e. The predicted molar refractivity (Wildman–Crippen MR) is 128 cm³/mol. The van der Waals surface area contributed by atoms with Gasteiger partial charge in [-0.05, 0) is 73.8 Å². The van der Waals surface area contributed by atoms with Gasteiger partial charge in [0.2, 0.25) is 0 Å². The van der Waals surface area contributed by atoms with Crippen LogP contribution in [0.3, 0.4) is 0 Å². The molecule has 0 saturated carbocycles. The lowest BCUT2D eigenvalue weighted by molar-refractivity contribution is 0.102. The number of halogens is 1. The maximum Gasteiger partial charge on any atom is 0.258 e. The van der Waals surface area contributed by atoms with E-state index in [1.54, 1.807) is 18.2 Å². The second kappa shape index (κ2) is 10.5. The maximum absolute atomic E-state index is 12.8. The molecule has 0 spiro atoms. The van der Waals surface area contributed by atoms with Crippen LogP contribution >= 0.6 is 11.6 Å². The molecule has 1 aliphatic heterocycles. The summed E-state index contributed by atoms with van der Waals surface area (Å²) in [6.07, 6.45) is 3.69. The van der Waals surface area contributed by atoms with Crippen LogP contribution in [0.1, 0.15) is 28.8 Å². The number of rotatable bonds is 7. The Bertz CT molecular complexity index is 1050. The van der Waals surface area contributed by atoms with Gasteiger partial charge in [-0.15, -0.1) is 0 Å². The van der Waals surface area contributed by atoms with Crippen LogP contribution in [0.5, 0.6) is 5.75 Å². The van der Waals surface area contributed by atoms with E-state index in [1.165, 1.54) is 6.20 Å². The molecular formula is C25H27ClN4O2. The monoisotopic (exact) mass is 450 g/mol. The minimum Gasteiger partial charge on any atom is -0.508 e. The standard InChI is InChI=1S/C25H27ClN4O2/c26-20-8-9-24(28-16-20)29-25(32)22-6-1-2-7-23(22)27-15-18-10-12-30(13-11-18)17-19-4-3-5-21(31)14-19/h1-9,14,16,18,27,31H,10-13,15,17H2,(H,28,29,32). The Morgan fingerprint density at radius 1 is 1.09 bits per heavy atom. The predicted octanol–water partition coefficient (Wildman–Crippen LogP) is 5.02. The van der Waals surface area contributed by atoms with Gasteiger partial charge in [0.1, 0.15) is 11.6 Å². The van der Waals surface area contributed by atoms with Gasteiger partial charge in [0.05, 0.1) is 10.6 Å². The Morgan fingerprint density at radius 2 is 1.91 bits per heavy atom. The molecule has 32 heavy (non-hydrogen) atoms. The number of likely N-dealkylation sites (tertiary alicyclic amines) is 1. The first-order chi connectivity index (χ1) is 15.6. The molecule has 6 nitrogen and oxygen atoms in total. The Morgan fingerprint density at radius 3 is 2.66 bits per heavy atom. The normalized spacial score (nSPS) is 14.8. The molecular weight excluding hydrogens is 424 g/mol. The van der Waals surface area contributed by atoms with Gasteiger partial charge in [-0.25, -0.2) is 4.98 Å². The number of benzene rings is 2. The summed E-state index contributed by atoms with van der Waals surface area (Å²) in [6.45, 7) is 3.72. The average Bonchev–Trinajstić information content (AvgIpc) is 2.80. The van der Waals surface area contributed by atoms with E-state index < -0.39 is 0 Å². The fourth-order valence-corrected chi connectivity index (χ4v) is 4.10. The number of para-hydroxylation sites is 1. The average molecular weight is 451 g/mol. The fourth-order valence-electron chi connectivity index (χ4n) is 3.98.